The molecule has 1 aromatic carbocycles. The maximum Gasteiger partial charge on any atom is 0.305 e. The molecule has 0 atom stereocenters. The van der Waals surface area contributed by atoms with Gasteiger partial charge in [0.2, 0.25) is 0 Å². The first kappa shape index (κ1) is 20.3. The number of nitrogens with one attached hydrogen (secondary N) is 2. The van der Waals surface area contributed by atoms with Gasteiger partial charge in [-0.05, 0) is 37.5 Å². The van der Waals surface area contributed by atoms with E-state index in [9.17, 15) is 4.79 Å². The monoisotopic (exact) mass is 353 g/mol. The van der Waals surface area contributed by atoms with Gasteiger partial charge in [-0.3, -0.25) is 9.79 Å². The summed E-state index contributed by atoms with van der Waals surface area (Å²) in [6.45, 7) is 3.83. The highest BCUT2D eigenvalue weighted by Gasteiger charge is 2.01. The van der Waals surface area contributed by atoms with Gasteiger partial charge in [-0.2, -0.15) is 0 Å². The van der Waals surface area contributed by atoms with Crippen LogP contribution in [-0.4, -0.2) is 32.1 Å². The number of ether oxygens (including phenoxy) is 1. The molecule has 0 bridgehead atoms. The Bertz CT molecular complexity index is 521. The van der Waals surface area contributed by atoms with Crippen LogP contribution < -0.4 is 10.6 Å². The molecule has 1 rings (SSSR count). The lowest BCUT2D eigenvalue weighted by molar-refractivity contribution is -0.143. The maximum atomic E-state index is 11.2. The molecule has 0 amide bonds. The van der Waals surface area contributed by atoms with Crippen LogP contribution in [0.1, 0.15) is 44.6 Å². The molecule has 0 unspecified atom stereocenters. The summed E-state index contributed by atoms with van der Waals surface area (Å²) in [5, 5.41) is 7.29. The van der Waals surface area contributed by atoms with Crippen LogP contribution in [0.25, 0.3) is 0 Å². The summed E-state index contributed by atoms with van der Waals surface area (Å²) in [5.74, 6) is 0.683. The van der Waals surface area contributed by atoms with Gasteiger partial charge in [0.1, 0.15) is 0 Å². The minimum atomic E-state index is -0.0961. The van der Waals surface area contributed by atoms with Crippen LogP contribution in [-0.2, 0) is 16.1 Å². The Morgan fingerprint density at radius 1 is 1.21 bits per heavy atom. The van der Waals surface area contributed by atoms with Gasteiger partial charge in [0.15, 0.2) is 5.96 Å². The summed E-state index contributed by atoms with van der Waals surface area (Å²) in [6, 6.07) is 7.76. The largest absolute Gasteiger partial charge is 0.466 e. The summed E-state index contributed by atoms with van der Waals surface area (Å²) in [7, 11) is 1.76. The summed E-state index contributed by atoms with van der Waals surface area (Å²) >= 11 is 5.97. The molecule has 0 saturated carbocycles. The number of esters is 1. The van der Waals surface area contributed by atoms with Crippen LogP contribution in [0.2, 0.25) is 5.02 Å². The Balaban J connectivity index is 2.09. The number of hydrogen-bond donors (Lipinski definition) is 2. The number of carbonyl (C=O) groups excluding carboxylic acids is 1. The Labute approximate surface area is 149 Å². The highest BCUT2D eigenvalue weighted by Crippen LogP contribution is 2.10. The molecule has 0 saturated heterocycles. The van der Waals surface area contributed by atoms with Crippen molar-refractivity contribution in [3.63, 3.8) is 0 Å². The first-order valence-electron chi connectivity index (χ1n) is 8.50. The van der Waals surface area contributed by atoms with Crippen LogP contribution in [0, 0.1) is 0 Å². The standard InChI is InChI=1S/C18H28ClN3O2/c1-3-24-17(23)11-6-4-5-7-12-21-18(20-2)22-14-15-9-8-10-16(19)13-15/h8-10,13H,3-7,11-12,14H2,1-2H3,(H2,20,21,22). The Kier molecular flexibility index (Phi) is 10.7. The molecule has 24 heavy (non-hydrogen) atoms. The molecule has 0 heterocycles. The fraction of sp³-hybridized carbons (Fsp3) is 0.556. The molecule has 1 aromatic rings. The van der Waals surface area contributed by atoms with Crippen LogP contribution in [0.3, 0.4) is 0 Å². The van der Waals surface area contributed by atoms with E-state index in [2.05, 4.69) is 15.6 Å². The number of halogens is 1. The number of aliphatic imine (C=N–C) groups is 1. The molecule has 0 aromatic heterocycles. The summed E-state index contributed by atoms with van der Waals surface area (Å²) < 4.78 is 4.90. The summed E-state index contributed by atoms with van der Waals surface area (Å²) in [5.41, 5.74) is 1.12. The minimum absolute atomic E-state index is 0.0961. The minimum Gasteiger partial charge on any atom is -0.466 e. The lowest BCUT2D eigenvalue weighted by atomic mass is 10.1. The molecule has 0 fully saturated rings. The van der Waals surface area contributed by atoms with Gasteiger partial charge < -0.3 is 15.4 Å². The topological polar surface area (TPSA) is 62.7 Å². The fourth-order valence-corrected chi connectivity index (χ4v) is 2.45. The molecule has 0 aliphatic rings. The number of guanidine groups is 1. The zero-order valence-corrected chi connectivity index (χ0v) is 15.4. The van der Waals surface area contributed by atoms with Crippen LogP contribution >= 0.6 is 11.6 Å². The molecular formula is C18H28ClN3O2. The molecule has 0 aliphatic carbocycles. The Hall–Kier alpha value is -1.75. The first-order chi connectivity index (χ1) is 11.7. The van der Waals surface area contributed by atoms with Gasteiger partial charge in [0.05, 0.1) is 6.61 Å². The van der Waals surface area contributed by atoms with Crippen molar-refractivity contribution in [1.82, 2.24) is 10.6 Å². The van der Waals surface area contributed by atoms with E-state index in [0.29, 0.717) is 19.6 Å². The Morgan fingerprint density at radius 3 is 2.71 bits per heavy atom. The second-order valence-corrected chi connectivity index (χ2v) is 5.89. The van der Waals surface area contributed by atoms with E-state index < -0.39 is 0 Å². The number of rotatable bonds is 10. The van der Waals surface area contributed by atoms with Crippen molar-refractivity contribution in [3.05, 3.63) is 34.9 Å². The molecule has 0 radical (unpaired) electrons. The van der Waals surface area contributed by atoms with Crippen LogP contribution in [0.5, 0.6) is 0 Å². The van der Waals surface area contributed by atoms with E-state index in [1.165, 1.54) is 0 Å². The quantitative estimate of drug-likeness (QED) is 0.292. The van der Waals surface area contributed by atoms with E-state index in [0.717, 1.165) is 48.8 Å². The highest BCUT2D eigenvalue weighted by atomic mass is 35.5. The number of carbonyl (C=O) groups is 1. The summed E-state index contributed by atoms with van der Waals surface area (Å²) in [4.78, 5) is 15.4. The zero-order valence-electron chi connectivity index (χ0n) is 14.6. The van der Waals surface area contributed by atoms with Gasteiger partial charge in [-0.15, -0.1) is 0 Å². The van der Waals surface area contributed by atoms with Gasteiger partial charge in [-0.1, -0.05) is 36.6 Å². The van der Waals surface area contributed by atoms with Crippen molar-refractivity contribution < 1.29 is 9.53 Å². The van der Waals surface area contributed by atoms with Crippen LogP contribution in [0.4, 0.5) is 0 Å². The van der Waals surface area contributed by atoms with Gasteiger partial charge in [-0.25, -0.2) is 0 Å². The lowest BCUT2D eigenvalue weighted by Gasteiger charge is -2.12. The average Bonchev–Trinajstić information content (AvgIpc) is 2.57. The van der Waals surface area contributed by atoms with E-state index in [1.54, 1.807) is 7.05 Å². The molecule has 6 heteroatoms. The van der Waals surface area contributed by atoms with Crippen molar-refractivity contribution >= 4 is 23.5 Å². The molecule has 0 spiro atoms. The predicted molar refractivity (Wildman–Crippen MR) is 99.4 cm³/mol. The third kappa shape index (κ3) is 9.40. The number of unbranched alkanes of at least 4 members (excludes halogenated alkanes) is 3. The molecular weight excluding hydrogens is 326 g/mol. The van der Waals surface area contributed by atoms with Crippen molar-refractivity contribution in [1.29, 1.82) is 0 Å². The molecule has 0 aliphatic heterocycles. The Morgan fingerprint density at radius 2 is 2.00 bits per heavy atom. The third-order valence-corrected chi connectivity index (χ3v) is 3.71. The van der Waals surface area contributed by atoms with Crippen LogP contribution in [0.15, 0.2) is 29.3 Å². The summed E-state index contributed by atoms with van der Waals surface area (Å²) in [6.07, 6.45) is 4.57. The van der Waals surface area contributed by atoms with Crippen molar-refractivity contribution in [2.45, 2.75) is 45.6 Å². The zero-order chi connectivity index (χ0) is 17.6. The normalized spacial score (nSPS) is 11.2. The van der Waals surface area contributed by atoms with Gasteiger partial charge in [0, 0.05) is 31.6 Å². The molecule has 5 nitrogen and oxygen atoms in total. The van der Waals surface area contributed by atoms with Crippen molar-refractivity contribution in [2.75, 3.05) is 20.2 Å². The van der Waals surface area contributed by atoms with E-state index in [-0.39, 0.29) is 5.97 Å². The van der Waals surface area contributed by atoms with E-state index in [1.807, 2.05) is 31.2 Å². The number of benzene rings is 1. The second kappa shape index (κ2) is 12.6. The van der Waals surface area contributed by atoms with Gasteiger partial charge >= 0.3 is 5.97 Å². The maximum absolute atomic E-state index is 11.2. The smallest absolute Gasteiger partial charge is 0.305 e. The third-order valence-electron chi connectivity index (χ3n) is 3.48. The van der Waals surface area contributed by atoms with Crippen molar-refractivity contribution in [3.8, 4) is 0 Å². The highest BCUT2D eigenvalue weighted by molar-refractivity contribution is 6.30. The number of nitrogens with zero attached hydrogens (tertiary/aromatic N) is 1. The van der Waals surface area contributed by atoms with Crippen molar-refractivity contribution in [2.24, 2.45) is 4.99 Å². The molecule has 134 valence electrons. The SMILES string of the molecule is CCOC(=O)CCCCCCNC(=NC)NCc1cccc(Cl)c1. The second-order valence-electron chi connectivity index (χ2n) is 5.45. The number of hydrogen-bond acceptors (Lipinski definition) is 3. The lowest BCUT2D eigenvalue weighted by Crippen LogP contribution is -2.37. The first-order valence-corrected chi connectivity index (χ1v) is 8.88. The fourth-order valence-electron chi connectivity index (χ4n) is 2.24. The van der Waals surface area contributed by atoms with Gasteiger partial charge in [0.25, 0.3) is 0 Å². The average molecular weight is 354 g/mol. The van der Waals surface area contributed by atoms with E-state index >= 15 is 0 Å². The van der Waals surface area contributed by atoms with E-state index in [4.69, 9.17) is 16.3 Å². The predicted octanol–water partition coefficient (Wildman–Crippen LogP) is 3.52. The molecule has 2 N–H and O–H groups in total.